The third-order valence-electron chi connectivity index (χ3n) is 3.20. The quantitative estimate of drug-likeness (QED) is 0.854. The zero-order chi connectivity index (χ0) is 13.0. The molecule has 1 aromatic rings. The highest BCUT2D eigenvalue weighted by Gasteiger charge is 2.21. The zero-order valence-electron chi connectivity index (χ0n) is 11.2. The summed E-state index contributed by atoms with van der Waals surface area (Å²) in [6.45, 7) is 9.67. The van der Waals surface area contributed by atoms with Crippen LogP contribution in [-0.2, 0) is 6.54 Å². The summed E-state index contributed by atoms with van der Waals surface area (Å²) in [5.74, 6) is 0.0698. The Bertz CT molecular complexity index is 384. The van der Waals surface area contributed by atoms with Crippen LogP contribution < -0.4 is 5.73 Å². The summed E-state index contributed by atoms with van der Waals surface area (Å²) in [6, 6.07) is 2.02. The normalized spacial score (nSPS) is 12.5. The van der Waals surface area contributed by atoms with Crippen molar-refractivity contribution in [3.05, 3.63) is 18.0 Å². The van der Waals surface area contributed by atoms with E-state index in [9.17, 15) is 4.79 Å². The Kier molecular flexibility index (Phi) is 4.61. The molecule has 0 radical (unpaired) electrons. The molecule has 4 nitrogen and oxygen atoms in total. The van der Waals surface area contributed by atoms with E-state index in [2.05, 4.69) is 13.8 Å². The molecular weight excluding hydrogens is 214 g/mol. The molecular formula is C13H23N3O. The third-order valence-corrected chi connectivity index (χ3v) is 3.20. The summed E-state index contributed by atoms with van der Waals surface area (Å²) in [7, 11) is 0. The van der Waals surface area contributed by atoms with Gasteiger partial charge in [0.1, 0.15) is 5.69 Å². The molecule has 1 aromatic heterocycles. The van der Waals surface area contributed by atoms with Crippen molar-refractivity contribution in [2.24, 2.45) is 0 Å². The summed E-state index contributed by atoms with van der Waals surface area (Å²) in [5, 5.41) is 0. The Morgan fingerprint density at radius 3 is 2.59 bits per heavy atom. The first-order chi connectivity index (χ1) is 8.04. The minimum absolute atomic E-state index is 0.0698. The number of aromatic nitrogens is 1. The van der Waals surface area contributed by atoms with E-state index in [-0.39, 0.29) is 11.9 Å². The summed E-state index contributed by atoms with van der Waals surface area (Å²) in [6.07, 6.45) is 2.78. The Labute approximate surface area is 103 Å². The Balaban J connectivity index is 3.01. The van der Waals surface area contributed by atoms with Gasteiger partial charge >= 0.3 is 0 Å². The van der Waals surface area contributed by atoms with E-state index < -0.39 is 0 Å². The second kappa shape index (κ2) is 5.75. The molecule has 4 heteroatoms. The van der Waals surface area contributed by atoms with Gasteiger partial charge in [-0.15, -0.1) is 0 Å². The van der Waals surface area contributed by atoms with Crippen LogP contribution in [0.4, 0.5) is 5.69 Å². The number of hydrogen-bond acceptors (Lipinski definition) is 2. The van der Waals surface area contributed by atoms with Crippen molar-refractivity contribution >= 4 is 11.6 Å². The van der Waals surface area contributed by atoms with Crippen molar-refractivity contribution in [3.8, 4) is 0 Å². The molecule has 0 aliphatic carbocycles. The molecule has 1 rings (SSSR count). The SMILES string of the molecule is CCC(C)N(CC)C(=O)c1cc(N)cn1CC. The van der Waals surface area contributed by atoms with Gasteiger partial charge in [-0.25, -0.2) is 0 Å². The fraction of sp³-hybridized carbons (Fsp3) is 0.615. The number of nitrogens with two attached hydrogens (primary N) is 1. The first-order valence-electron chi connectivity index (χ1n) is 6.31. The summed E-state index contributed by atoms with van der Waals surface area (Å²) >= 11 is 0. The maximum atomic E-state index is 12.4. The fourth-order valence-corrected chi connectivity index (χ4v) is 2.00. The van der Waals surface area contributed by atoms with Crippen molar-refractivity contribution in [1.82, 2.24) is 9.47 Å². The number of hydrogen-bond donors (Lipinski definition) is 1. The average Bonchev–Trinajstić information content (AvgIpc) is 2.70. The standard InChI is InChI=1S/C13H23N3O/c1-5-10(4)16(7-3)13(17)12-8-11(14)9-15(12)6-2/h8-10H,5-7,14H2,1-4H3. The van der Waals surface area contributed by atoms with Gasteiger partial charge in [-0.05, 0) is 33.3 Å². The van der Waals surface area contributed by atoms with Crippen LogP contribution >= 0.6 is 0 Å². The van der Waals surface area contributed by atoms with Crippen LogP contribution in [0.1, 0.15) is 44.6 Å². The van der Waals surface area contributed by atoms with E-state index in [0.29, 0.717) is 11.4 Å². The van der Waals surface area contributed by atoms with Gasteiger partial charge in [0.25, 0.3) is 5.91 Å². The molecule has 1 atom stereocenters. The third kappa shape index (κ3) is 2.81. The monoisotopic (exact) mass is 237 g/mol. The topological polar surface area (TPSA) is 51.3 Å². The van der Waals surface area contributed by atoms with Crippen LogP contribution in [-0.4, -0.2) is 28.0 Å². The Hall–Kier alpha value is -1.45. The number of aryl methyl sites for hydroxylation is 1. The molecule has 0 saturated heterocycles. The molecule has 0 fully saturated rings. The first kappa shape index (κ1) is 13.6. The molecule has 2 N–H and O–H groups in total. The van der Waals surface area contributed by atoms with Crippen molar-refractivity contribution in [3.63, 3.8) is 0 Å². The van der Waals surface area contributed by atoms with Gasteiger partial charge in [0.2, 0.25) is 0 Å². The van der Waals surface area contributed by atoms with Gasteiger partial charge < -0.3 is 15.2 Å². The van der Waals surface area contributed by atoms with Gasteiger partial charge in [-0.2, -0.15) is 0 Å². The van der Waals surface area contributed by atoms with E-state index in [1.165, 1.54) is 0 Å². The minimum atomic E-state index is 0.0698. The van der Waals surface area contributed by atoms with Crippen LogP contribution in [0.2, 0.25) is 0 Å². The van der Waals surface area contributed by atoms with Gasteiger partial charge in [0.05, 0.1) is 5.69 Å². The van der Waals surface area contributed by atoms with Gasteiger partial charge in [-0.3, -0.25) is 4.79 Å². The summed E-state index contributed by atoms with van der Waals surface area (Å²) in [4.78, 5) is 14.3. The van der Waals surface area contributed by atoms with Crippen LogP contribution in [0.5, 0.6) is 0 Å². The summed E-state index contributed by atoms with van der Waals surface area (Å²) in [5.41, 5.74) is 7.09. The van der Waals surface area contributed by atoms with E-state index in [4.69, 9.17) is 5.73 Å². The van der Waals surface area contributed by atoms with E-state index in [0.717, 1.165) is 19.5 Å². The van der Waals surface area contributed by atoms with E-state index in [1.807, 2.05) is 29.5 Å². The lowest BCUT2D eigenvalue weighted by Gasteiger charge is -2.27. The fourth-order valence-electron chi connectivity index (χ4n) is 2.00. The van der Waals surface area contributed by atoms with E-state index >= 15 is 0 Å². The van der Waals surface area contributed by atoms with Gasteiger partial charge in [0, 0.05) is 25.3 Å². The molecule has 0 bridgehead atoms. The second-order valence-electron chi connectivity index (χ2n) is 4.29. The molecule has 0 aliphatic rings. The average molecular weight is 237 g/mol. The molecule has 0 aliphatic heterocycles. The van der Waals surface area contributed by atoms with Gasteiger partial charge in [0.15, 0.2) is 0 Å². The van der Waals surface area contributed by atoms with Crippen molar-refractivity contribution in [2.45, 2.75) is 46.7 Å². The maximum Gasteiger partial charge on any atom is 0.270 e. The van der Waals surface area contributed by atoms with Crippen LogP contribution in [0.15, 0.2) is 12.3 Å². The van der Waals surface area contributed by atoms with Crippen LogP contribution in [0, 0.1) is 0 Å². The molecule has 1 unspecified atom stereocenters. The zero-order valence-corrected chi connectivity index (χ0v) is 11.2. The lowest BCUT2D eigenvalue weighted by atomic mass is 10.2. The second-order valence-corrected chi connectivity index (χ2v) is 4.29. The molecule has 1 amide bonds. The predicted molar refractivity (Wildman–Crippen MR) is 71.0 cm³/mol. The van der Waals surface area contributed by atoms with Gasteiger partial charge in [-0.1, -0.05) is 6.92 Å². The Morgan fingerprint density at radius 2 is 2.12 bits per heavy atom. The number of carbonyl (C=O) groups excluding carboxylic acids is 1. The smallest absolute Gasteiger partial charge is 0.270 e. The highest BCUT2D eigenvalue weighted by Crippen LogP contribution is 2.15. The lowest BCUT2D eigenvalue weighted by Crippen LogP contribution is -2.39. The summed E-state index contributed by atoms with van der Waals surface area (Å²) < 4.78 is 1.91. The van der Waals surface area contributed by atoms with Crippen molar-refractivity contribution < 1.29 is 4.79 Å². The maximum absolute atomic E-state index is 12.4. The van der Waals surface area contributed by atoms with Crippen molar-refractivity contribution in [1.29, 1.82) is 0 Å². The molecule has 0 saturated carbocycles. The number of rotatable bonds is 5. The first-order valence-corrected chi connectivity index (χ1v) is 6.31. The largest absolute Gasteiger partial charge is 0.397 e. The number of anilines is 1. The molecule has 0 spiro atoms. The highest BCUT2D eigenvalue weighted by molar-refractivity contribution is 5.94. The Morgan fingerprint density at radius 1 is 1.47 bits per heavy atom. The van der Waals surface area contributed by atoms with Crippen LogP contribution in [0.25, 0.3) is 0 Å². The highest BCUT2D eigenvalue weighted by atomic mass is 16.2. The lowest BCUT2D eigenvalue weighted by molar-refractivity contribution is 0.0689. The molecule has 17 heavy (non-hydrogen) atoms. The number of nitrogens with zero attached hydrogens (tertiary/aromatic N) is 2. The van der Waals surface area contributed by atoms with E-state index in [1.54, 1.807) is 6.07 Å². The minimum Gasteiger partial charge on any atom is -0.397 e. The molecule has 0 aromatic carbocycles. The molecule has 96 valence electrons. The number of nitrogen functional groups attached to an aromatic ring is 1. The predicted octanol–water partition coefficient (Wildman–Crippen LogP) is 2.35. The molecule has 1 heterocycles. The number of carbonyl (C=O) groups is 1. The number of amides is 1. The van der Waals surface area contributed by atoms with Crippen molar-refractivity contribution in [2.75, 3.05) is 12.3 Å². The van der Waals surface area contributed by atoms with Crippen LogP contribution in [0.3, 0.4) is 0 Å².